The maximum Gasteiger partial charge on any atom is 0.173 e. The molecule has 4 nitrogen and oxygen atoms in total. The molecule has 0 aliphatic carbocycles. The van der Waals surface area contributed by atoms with E-state index in [-0.39, 0.29) is 5.88 Å². The summed E-state index contributed by atoms with van der Waals surface area (Å²) in [4.78, 5) is 0. The van der Waals surface area contributed by atoms with E-state index in [1.54, 1.807) is 22.9 Å². The van der Waals surface area contributed by atoms with Gasteiger partial charge in [0.15, 0.2) is 11.4 Å². The standard InChI is InChI=1S/C11H9Cl2N3O/c12-7-3-4-9(8(13)6-7)16-11(17)10-2-1-5-15(10)14-16/h3-4,6H,1-2,5H2. The maximum absolute atomic E-state index is 12.1. The first-order valence-corrected chi connectivity index (χ1v) is 6.07. The first-order chi connectivity index (χ1) is 8.16. The van der Waals surface area contributed by atoms with Crippen molar-refractivity contribution < 1.29 is 9.79 Å². The Morgan fingerprint density at radius 2 is 2.18 bits per heavy atom. The maximum atomic E-state index is 12.1. The molecule has 0 fully saturated rings. The van der Waals surface area contributed by atoms with Crippen molar-refractivity contribution in [2.75, 3.05) is 0 Å². The summed E-state index contributed by atoms with van der Waals surface area (Å²) in [6.45, 7) is 0.794. The molecule has 0 unspecified atom stereocenters. The van der Waals surface area contributed by atoms with Gasteiger partial charge < -0.3 is 5.11 Å². The Morgan fingerprint density at radius 3 is 2.88 bits per heavy atom. The minimum absolute atomic E-state index is 0.0910. The fourth-order valence-corrected chi connectivity index (χ4v) is 2.55. The average molecular weight is 270 g/mol. The summed E-state index contributed by atoms with van der Waals surface area (Å²) in [7, 11) is 0. The smallest absolute Gasteiger partial charge is 0.173 e. The molecular weight excluding hydrogens is 261 g/mol. The van der Waals surface area contributed by atoms with Gasteiger partial charge in [-0.2, -0.15) is 0 Å². The van der Waals surface area contributed by atoms with Crippen molar-refractivity contribution in [1.29, 1.82) is 0 Å². The number of benzene rings is 1. The summed E-state index contributed by atoms with van der Waals surface area (Å²) >= 11 is 11.9. The predicted molar refractivity (Wildman–Crippen MR) is 61.5 cm³/mol. The van der Waals surface area contributed by atoms with Crippen LogP contribution in [0.3, 0.4) is 0 Å². The molecule has 0 N–H and O–H groups in total. The first-order valence-electron chi connectivity index (χ1n) is 5.31. The minimum atomic E-state index is -0.0910. The van der Waals surface area contributed by atoms with Crippen LogP contribution in [0.2, 0.25) is 10.0 Å². The van der Waals surface area contributed by atoms with E-state index in [2.05, 4.69) is 5.21 Å². The number of hydrogen-bond donors (Lipinski definition) is 0. The molecule has 2 aromatic rings. The van der Waals surface area contributed by atoms with Gasteiger partial charge in [-0.25, -0.2) is 0 Å². The number of nitrogens with zero attached hydrogens (tertiary/aromatic N) is 3. The molecule has 1 aromatic heterocycles. The molecule has 2 heterocycles. The van der Waals surface area contributed by atoms with Crippen LogP contribution in [0.4, 0.5) is 0 Å². The monoisotopic (exact) mass is 269 g/mol. The highest BCUT2D eigenvalue weighted by Crippen LogP contribution is 2.24. The zero-order valence-corrected chi connectivity index (χ0v) is 10.4. The number of halogens is 2. The van der Waals surface area contributed by atoms with Crippen LogP contribution < -0.4 is 9.79 Å². The molecule has 3 rings (SSSR count). The van der Waals surface area contributed by atoms with Gasteiger partial charge in [0.25, 0.3) is 0 Å². The van der Waals surface area contributed by atoms with E-state index in [1.165, 1.54) is 4.68 Å². The molecule has 0 atom stereocenters. The first kappa shape index (κ1) is 10.9. The normalized spacial score (nSPS) is 14.0. The van der Waals surface area contributed by atoms with Crippen LogP contribution in [0.25, 0.3) is 5.69 Å². The zero-order chi connectivity index (χ0) is 12.0. The van der Waals surface area contributed by atoms with Crippen LogP contribution in [-0.4, -0.2) is 9.90 Å². The fraction of sp³-hybridized carbons (Fsp3) is 0.273. The van der Waals surface area contributed by atoms with Gasteiger partial charge in [-0.3, -0.25) is 0 Å². The molecule has 0 spiro atoms. The lowest BCUT2D eigenvalue weighted by atomic mass is 10.3. The second-order valence-electron chi connectivity index (χ2n) is 3.98. The van der Waals surface area contributed by atoms with E-state index in [9.17, 15) is 5.11 Å². The van der Waals surface area contributed by atoms with Crippen LogP contribution in [0.1, 0.15) is 12.1 Å². The summed E-state index contributed by atoms with van der Waals surface area (Å²) in [5.41, 5.74) is 1.32. The minimum Gasteiger partial charge on any atom is -0.838 e. The van der Waals surface area contributed by atoms with E-state index >= 15 is 0 Å². The Hall–Kier alpha value is -1.26. The highest BCUT2D eigenvalue weighted by molar-refractivity contribution is 6.35. The number of hydrogen-bond acceptors (Lipinski definition) is 2. The molecule has 1 aliphatic rings. The van der Waals surface area contributed by atoms with Gasteiger partial charge in [0.05, 0.1) is 10.2 Å². The molecule has 0 saturated heterocycles. The van der Waals surface area contributed by atoms with E-state index in [1.807, 2.05) is 0 Å². The van der Waals surface area contributed by atoms with Crippen molar-refractivity contribution in [2.45, 2.75) is 19.4 Å². The second kappa shape index (κ2) is 3.89. The Kier molecular flexibility index (Phi) is 2.49. The van der Waals surface area contributed by atoms with Crippen LogP contribution in [0.5, 0.6) is 5.88 Å². The largest absolute Gasteiger partial charge is 0.838 e. The van der Waals surface area contributed by atoms with E-state index in [0.717, 1.165) is 25.1 Å². The average Bonchev–Trinajstić information content (AvgIpc) is 2.83. The number of aryl methyl sites for hydroxylation is 1. The lowest BCUT2D eigenvalue weighted by Crippen LogP contribution is -2.37. The molecule has 0 amide bonds. The van der Waals surface area contributed by atoms with Crippen molar-refractivity contribution in [3.8, 4) is 11.6 Å². The SMILES string of the molecule is [O-]c1c2n(n[n+]1-c1ccc(Cl)cc1Cl)CCC2. The van der Waals surface area contributed by atoms with Gasteiger partial charge >= 0.3 is 0 Å². The third kappa shape index (κ3) is 1.68. The topological polar surface area (TPSA) is 44.8 Å². The van der Waals surface area contributed by atoms with Gasteiger partial charge in [-0.15, -0.1) is 9.36 Å². The highest BCUT2D eigenvalue weighted by Gasteiger charge is 2.25. The summed E-state index contributed by atoms with van der Waals surface area (Å²) in [6.07, 6.45) is 1.76. The summed E-state index contributed by atoms with van der Waals surface area (Å²) in [6, 6.07) is 5.00. The molecule has 0 radical (unpaired) electrons. The Bertz CT molecular complexity index is 595. The predicted octanol–water partition coefficient (Wildman–Crippen LogP) is 1.49. The molecule has 1 aliphatic heterocycles. The fourth-order valence-electron chi connectivity index (χ4n) is 2.06. The number of rotatable bonds is 1. The number of aromatic nitrogens is 3. The summed E-state index contributed by atoms with van der Waals surface area (Å²) < 4.78 is 3.08. The van der Waals surface area contributed by atoms with Crippen molar-refractivity contribution >= 4 is 23.2 Å². The molecule has 17 heavy (non-hydrogen) atoms. The number of fused-ring (bicyclic) bond motifs is 1. The zero-order valence-electron chi connectivity index (χ0n) is 8.86. The van der Waals surface area contributed by atoms with Crippen molar-refractivity contribution in [3.63, 3.8) is 0 Å². The highest BCUT2D eigenvalue weighted by atomic mass is 35.5. The molecule has 6 heteroatoms. The summed E-state index contributed by atoms with van der Waals surface area (Å²) in [5, 5.41) is 17.3. The molecule has 0 bridgehead atoms. The molecule has 1 aromatic carbocycles. The van der Waals surface area contributed by atoms with Gasteiger partial charge in [-0.1, -0.05) is 23.2 Å². The lowest BCUT2D eigenvalue weighted by molar-refractivity contribution is -0.703. The third-order valence-electron chi connectivity index (χ3n) is 2.87. The second-order valence-corrected chi connectivity index (χ2v) is 4.82. The molecular formula is C11H9Cl2N3O. The van der Waals surface area contributed by atoms with E-state index in [4.69, 9.17) is 23.2 Å². The molecule has 88 valence electrons. The van der Waals surface area contributed by atoms with Gasteiger partial charge in [0, 0.05) is 11.4 Å². The van der Waals surface area contributed by atoms with Gasteiger partial charge in [0.2, 0.25) is 0 Å². The van der Waals surface area contributed by atoms with Crippen molar-refractivity contribution in [3.05, 3.63) is 33.9 Å². The molecule has 0 saturated carbocycles. The third-order valence-corrected chi connectivity index (χ3v) is 3.41. The Balaban J connectivity index is 2.16. The quantitative estimate of drug-likeness (QED) is 0.737. The summed E-state index contributed by atoms with van der Waals surface area (Å²) in [5.74, 6) is -0.0910. The van der Waals surface area contributed by atoms with Crippen LogP contribution in [0, 0.1) is 0 Å². The van der Waals surface area contributed by atoms with Crippen LogP contribution in [-0.2, 0) is 13.0 Å². The van der Waals surface area contributed by atoms with Crippen LogP contribution in [0.15, 0.2) is 18.2 Å². The Morgan fingerprint density at radius 1 is 1.35 bits per heavy atom. The van der Waals surface area contributed by atoms with Crippen molar-refractivity contribution in [2.24, 2.45) is 0 Å². The van der Waals surface area contributed by atoms with E-state index < -0.39 is 0 Å². The van der Waals surface area contributed by atoms with E-state index in [0.29, 0.717) is 15.7 Å². The van der Waals surface area contributed by atoms with Crippen molar-refractivity contribution in [1.82, 2.24) is 9.90 Å². The lowest BCUT2D eigenvalue weighted by Gasteiger charge is -2.04. The van der Waals surface area contributed by atoms with Gasteiger partial charge in [-0.05, 0) is 24.6 Å². The Labute approximate surface area is 108 Å². The van der Waals surface area contributed by atoms with Crippen LogP contribution >= 0.6 is 23.2 Å². The van der Waals surface area contributed by atoms with Gasteiger partial charge in [0.1, 0.15) is 12.4 Å².